The molecule has 2 aromatic carbocycles. The van der Waals surface area contributed by atoms with Gasteiger partial charge in [-0.15, -0.1) is 22.7 Å². The van der Waals surface area contributed by atoms with E-state index in [1.165, 1.54) is 35.9 Å². The summed E-state index contributed by atoms with van der Waals surface area (Å²) in [6.07, 6.45) is 0. The van der Waals surface area contributed by atoms with Crippen LogP contribution in [0.25, 0.3) is 9.75 Å². The van der Waals surface area contributed by atoms with Crippen LogP contribution in [0.5, 0.6) is 0 Å². The van der Waals surface area contributed by atoms with Crippen LogP contribution < -0.4 is 4.90 Å². The average molecular weight is 364 g/mol. The van der Waals surface area contributed by atoms with Gasteiger partial charge in [0.1, 0.15) is 5.00 Å². The van der Waals surface area contributed by atoms with Crippen molar-refractivity contribution in [2.24, 2.45) is 0 Å². The third kappa shape index (κ3) is 2.30. The SMILES string of the molecule is c1csc(-c2ccc(N3c4ccccc4Sc4ccccc43)s2)c1. The van der Waals surface area contributed by atoms with Crippen molar-refractivity contribution in [2.75, 3.05) is 4.90 Å². The monoisotopic (exact) mass is 363 g/mol. The zero-order chi connectivity index (χ0) is 15.9. The van der Waals surface area contributed by atoms with Gasteiger partial charge in [0.15, 0.2) is 0 Å². The Bertz CT molecular complexity index is 956. The summed E-state index contributed by atoms with van der Waals surface area (Å²) < 4.78 is 0. The highest BCUT2D eigenvalue weighted by atomic mass is 32.2. The smallest absolute Gasteiger partial charge is 0.101 e. The molecule has 2 aromatic heterocycles. The quantitative estimate of drug-likeness (QED) is 0.321. The van der Waals surface area contributed by atoms with E-state index in [1.807, 2.05) is 23.1 Å². The number of fused-ring (bicyclic) bond motifs is 2. The van der Waals surface area contributed by atoms with Gasteiger partial charge in [0.05, 0.1) is 11.4 Å². The van der Waals surface area contributed by atoms with Crippen molar-refractivity contribution >= 4 is 50.8 Å². The molecule has 0 saturated carbocycles. The third-order valence-electron chi connectivity index (χ3n) is 4.01. The first-order valence-electron chi connectivity index (χ1n) is 7.70. The summed E-state index contributed by atoms with van der Waals surface area (Å²) in [6.45, 7) is 0. The molecular formula is C20H13NS3. The standard InChI is InChI=1S/C20H13NS3/c1-3-8-16-14(6-1)21(15-7-2-4-9-17(15)23-16)20-12-11-19(24-20)18-10-5-13-22-18/h1-13H. The molecule has 0 atom stereocenters. The van der Waals surface area contributed by atoms with Crippen LogP contribution in [-0.2, 0) is 0 Å². The zero-order valence-electron chi connectivity index (χ0n) is 12.7. The van der Waals surface area contributed by atoms with Crippen LogP contribution in [-0.4, -0.2) is 0 Å². The number of hydrogen-bond donors (Lipinski definition) is 0. The molecule has 0 fully saturated rings. The maximum Gasteiger partial charge on any atom is 0.101 e. The van der Waals surface area contributed by atoms with Crippen molar-refractivity contribution in [3.63, 3.8) is 0 Å². The van der Waals surface area contributed by atoms with Crippen LogP contribution >= 0.6 is 34.4 Å². The fourth-order valence-electron chi connectivity index (χ4n) is 2.94. The highest BCUT2D eigenvalue weighted by Crippen LogP contribution is 2.53. The van der Waals surface area contributed by atoms with E-state index in [9.17, 15) is 0 Å². The van der Waals surface area contributed by atoms with Crippen molar-refractivity contribution in [3.8, 4) is 9.75 Å². The third-order valence-corrected chi connectivity index (χ3v) is 7.27. The Kier molecular flexibility index (Phi) is 3.47. The molecule has 24 heavy (non-hydrogen) atoms. The van der Waals surface area contributed by atoms with Crippen LogP contribution in [0.1, 0.15) is 0 Å². The van der Waals surface area contributed by atoms with Gasteiger partial charge in [-0.1, -0.05) is 42.1 Å². The van der Waals surface area contributed by atoms with Gasteiger partial charge < -0.3 is 0 Å². The molecule has 0 amide bonds. The number of benzene rings is 2. The zero-order valence-corrected chi connectivity index (χ0v) is 15.1. The van der Waals surface area contributed by atoms with Gasteiger partial charge in [-0.2, -0.15) is 0 Å². The lowest BCUT2D eigenvalue weighted by Gasteiger charge is -2.31. The van der Waals surface area contributed by atoms with Crippen LogP contribution in [0.15, 0.2) is 88.0 Å². The molecule has 5 rings (SSSR count). The number of hydrogen-bond acceptors (Lipinski definition) is 4. The topological polar surface area (TPSA) is 3.24 Å². The Morgan fingerprint density at radius 2 is 1.33 bits per heavy atom. The lowest BCUT2D eigenvalue weighted by atomic mass is 10.2. The van der Waals surface area contributed by atoms with Crippen LogP contribution in [0.4, 0.5) is 16.4 Å². The number of anilines is 3. The van der Waals surface area contributed by atoms with E-state index in [-0.39, 0.29) is 0 Å². The molecule has 3 heterocycles. The number of para-hydroxylation sites is 2. The van der Waals surface area contributed by atoms with E-state index < -0.39 is 0 Å². The minimum absolute atomic E-state index is 1.26. The molecule has 0 aliphatic carbocycles. The van der Waals surface area contributed by atoms with E-state index in [2.05, 4.69) is 83.1 Å². The highest BCUT2D eigenvalue weighted by Gasteiger charge is 2.25. The van der Waals surface area contributed by atoms with Crippen LogP contribution in [0, 0.1) is 0 Å². The van der Waals surface area contributed by atoms with E-state index in [0.717, 1.165) is 0 Å². The highest BCUT2D eigenvalue weighted by molar-refractivity contribution is 7.99. The minimum atomic E-state index is 1.26. The summed E-state index contributed by atoms with van der Waals surface area (Å²) in [5.41, 5.74) is 2.53. The Labute approximate surface area is 153 Å². The summed E-state index contributed by atoms with van der Waals surface area (Å²) in [6, 6.07) is 26.1. The fraction of sp³-hybridized carbons (Fsp3) is 0. The molecule has 4 heteroatoms. The lowest BCUT2D eigenvalue weighted by Crippen LogP contribution is -2.13. The molecule has 0 bridgehead atoms. The van der Waals surface area contributed by atoms with E-state index in [1.54, 1.807) is 11.3 Å². The lowest BCUT2D eigenvalue weighted by molar-refractivity contribution is 1.18. The molecule has 116 valence electrons. The van der Waals surface area contributed by atoms with Gasteiger partial charge in [0.2, 0.25) is 0 Å². The molecule has 0 unspecified atom stereocenters. The molecule has 1 nitrogen and oxygen atoms in total. The molecule has 1 aliphatic rings. The van der Waals surface area contributed by atoms with Gasteiger partial charge in [-0.25, -0.2) is 0 Å². The number of nitrogens with zero attached hydrogens (tertiary/aromatic N) is 1. The van der Waals surface area contributed by atoms with Gasteiger partial charge >= 0.3 is 0 Å². The summed E-state index contributed by atoms with van der Waals surface area (Å²) in [4.78, 5) is 7.67. The second-order valence-corrected chi connectivity index (χ2v) is 8.58. The summed E-state index contributed by atoms with van der Waals surface area (Å²) in [5, 5.41) is 3.40. The normalized spacial score (nSPS) is 12.8. The predicted octanol–water partition coefficient (Wildman–Crippen LogP) is 7.41. The second kappa shape index (κ2) is 5.81. The molecule has 4 aromatic rings. The van der Waals surface area contributed by atoms with Crippen molar-refractivity contribution in [2.45, 2.75) is 9.79 Å². The van der Waals surface area contributed by atoms with Gasteiger partial charge in [0.25, 0.3) is 0 Å². The van der Waals surface area contributed by atoms with Crippen LogP contribution in [0.3, 0.4) is 0 Å². The first-order chi connectivity index (χ1) is 11.9. The largest absolute Gasteiger partial charge is 0.300 e. The van der Waals surface area contributed by atoms with Crippen LogP contribution in [0.2, 0.25) is 0 Å². The average Bonchev–Trinajstić information content (AvgIpc) is 3.31. The number of rotatable bonds is 2. The Balaban J connectivity index is 1.68. The van der Waals surface area contributed by atoms with Gasteiger partial charge in [-0.05, 0) is 47.8 Å². The molecule has 0 N–H and O–H groups in total. The maximum atomic E-state index is 2.39. The fourth-order valence-corrected chi connectivity index (χ4v) is 5.87. The van der Waals surface area contributed by atoms with Gasteiger partial charge in [0, 0.05) is 19.5 Å². The van der Waals surface area contributed by atoms with Gasteiger partial charge in [-0.3, -0.25) is 4.90 Å². The van der Waals surface area contributed by atoms with E-state index in [0.29, 0.717) is 0 Å². The molecule has 0 radical (unpaired) electrons. The molecule has 1 aliphatic heterocycles. The Hall–Kier alpha value is -2.01. The maximum absolute atomic E-state index is 2.39. The second-order valence-electron chi connectivity index (χ2n) is 5.49. The first kappa shape index (κ1) is 14.3. The summed E-state index contributed by atoms with van der Waals surface area (Å²) in [7, 11) is 0. The molecule has 0 spiro atoms. The predicted molar refractivity (Wildman–Crippen MR) is 106 cm³/mol. The molecular weight excluding hydrogens is 350 g/mol. The summed E-state index contributed by atoms with van der Waals surface area (Å²) >= 11 is 5.50. The Morgan fingerprint density at radius 3 is 2.00 bits per heavy atom. The summed E-state index contributed by atoms with van der Waals surface area (Å²) in [5.74, 6) is 0. The van der Waals surface area contributed by atoms with E-state index >= 15 is 0 Å². The van der Waals surface area contributed by atoms with Crippen molar-refractivity contribution < 1.29 is 0 Å². The minimum Gasteiger partial charge on any atom is -0.300 e. The van der Waals surface area contributed by atoms with Crippen molar-refractivity contribution in [1.29, 1.82) is 0 Å². The first-order valence-corrected chi connectivity index (χ1v) is 10.2. The van der Waals surface area contributed by atoms with E-state index in [4.69, 9.17) is 0 Å². The Morgan fingerprint density at radius 1 is 0.625 bits per heavy atom. The van der Waals surface area contributed by atoms with Crippen molar-refractivity contribution in [3.05, 3.63) is 78.2 Å². The molecule has 0 saturated heterocycles. The number of thiophene rings is 2. The van der Waals surface area contributed by atoms with Crippen molar-refractivity contribution in [1.82, 2.24) is 0 Å².